The highest BCUT2D eigenvalue weighted by atomic mass is 19.1. The minimum atomic E-state index is -1.04. The number of fused-ring (bicyclic) bond motifs is 1. The maximum atomic E-state index is 15.0. The molecule has 1 aliphatic rings. The second-order valence-electron chi connectivity index (χ2n) is 7.01. The molecule has 1 fully saturated rings. The molecule has 0 saturated carbocycles. The molecule has 3 aromatic rings. The van der Waals surface area contributed by atoms with E-state index in [0.717, 1.165) is 6.07 Å². The summed E-state index contributed by atoms with van der Waals surface area (Å²) in [5.41, 5.74) is 0.635. The molecule has 162 valence electrons. The van der Waals surface area contributed by atoms with Crippen LogP contribution in [-0.2, 0) is 4.74 Å². The summed E-state index contributed by atoms with van der Waals surface area (Å²) >= 11 is 0. The van der Waals surface area contributed by atoms with Gasteiger partial charge >= 0.3 is 6.16 Å². The van der Waals surface area contributed by atoms with Crippen LogP contribution in [0.1, 0.15) is 6.92 Å². The Labute approximate surface area is 176 Å². The molecule has 2 aromatic carbocycles. The number of carbonyl (C=O) groups excluding carboxylic acids is 1. The summed E-state index contributed by atoms with van der Waals surface area (Å²) in [6, 6.07) is 8.31. The molecule has 0 atom stereocenters. The Morgan fingerprint density at radius 2 is 1.84 bits per heavy atom. The van der Waals surface area contributed by atoms with Gasteiger partial charge in [0.25, 0.3) is 0 Å². The van der Waals surface area contributed by atoms with Crippen LogP contribution < -0.4 is 20.4 Å². The van der Waals surface area contributed by atoms with Crippen LogP contribution in [0.3, 0.4) is 0 Å². The summed E-state index contributed by atoms with van der Waals surface area (Å²) < 4.78 is 39.8. The van der Waals surface area contributed by atoms with Gasteiger partial charge in [-0.05, 0) is 43.3 Å². The summed E-state index contributed by atoms with van der Waals surface area (Å²) in [6.07, 6.45) is 0.288. The zero-order chi connectivity index (χ0) is 22.0. The predicted molar refractivity (Wildman–Crippen MR) is 112 cm³/mol. The fourth-order valence-corrected chi connectivity index (χ4v) is 3.58. The highest BCUT2D eigenvalue weighted by molar-refractivity contribution is 5.86. The molecule has 7 nitrogen and oxygen atoms in total. The van der Waals surface area contributed by atoms with Gasteiger partial charge in [0.05, 0.1) is 29.4 Å². The number of halogens is 2. The second-order valence-corrected chi connectivity index (χ2v) is 7.01. The van der Waals surface area contributed by atoms with Crippen molar-refractivity contribution in [2.24, 2.45) is 0 Å². The molecule has 0 amide bonds. The monoisotopic (exact) mass is 429 g/mol. The van der Waals surface area contributed by atoms with Gasteiger partial charge in [0.2, 0.25) is 5.43 Å². The Kier molecular flexibility index (Phi) is 5.85. The van der Waals surface area contributed by atoms with Crippen LogP contribution in [0.5, 0.6) is 5.75 Å². The molecule has 0 radical (unpaired) electrons. The average molecular weight is 429 g/mol. The molecule has 0 bridgehead atoms. The van der Waals surface area contributed by atoms with Gasteiger partial charge in [-0.1, -0.05) is 0 Å². The van der Waals surface area contributed by atoms with E-state index in [0.29, 0.717) is 43.1 Å². The van der Waals surface area contributed by atoms with E-state index >= 15 is 0 Å². The number of aromatic nitrogens is 1. The third-order valence-electron chi connectivity index (χ3n) is 5.06. The van der Waals surface area contributed by atoms with Crippen LogP contribution in [0.2, 0.25) is 0 Å². The van der Waals surface area contributed by atoms with Gasteiger partial charge in [-0.2, -0.15) is 0 Å². The SMILES string of the molecule is CCOC(=O)Oc1cn(-c2ccc(F)cc2)c2cc(N3CCNCC3)c(F)cc2c1=O. The number of piperazine rings is 1. The highest BCUT2D eigenvalue weighted by Crippen LogP contribution is 2.28. The van der Waals surface area contributed by atoms with E-state index in [1.54, 1.807) is 17.6 Å². The quantitative estimate of drug-likeness (QED) is 0.642. The number of hydrogen-bond donors (Lipinski definition) is 1. The van der Waals surface area contributed by atoms with Crippen molar-refractivity contribution >= 4 is 22.7 Å². The van der Waals surface area contributed by atoms with Crippen molar-refractivity contribution in [2.45, 2.75) is 6.92 Å². The highest BCUT2D eigenvalue weighted by Gasteiger charge is 2.20. The fraction of sp³-hybridized carbons (Fsp3) is 0.273. The standard InChI is InChI=1S/C22H21F2N3O4/c1-2-30-22(29)31-20-13-27(15-5-3-14(23)4-6-15)18-12-19(26-9-7-25-8-10-26)17(24)11-16(18)21(20)28/h3-6,11-13,25H,2,7-10H2,1H3. The molecule has 1 aliphatic heterocycles. The van der Waals surface area contributed by atoms with Gasteiger partial charge in [0.1, 0.15) is 11.6 Å². The van der Waals surface area contributed by atoms with Crippen molar-refractivity contribution < 1.29 is 23.0 Å². The van der Waals surface area contributed by atoms with E-state index in [-0.39, 0.29) is 17.7 Å². The van der Waals surface area contributed by atoms with Crippen LogP contribution in [0.15, 0.2) is 47.4 Å². The lowest BCUT2D eigenvalue weighted by atomic mass is 10.1. The molecule has 9 heteroatoms. The van der Waals surface area contributed by atoms with Gasteiger partial charge in [-0.25, -0.2) is 13.6 Å². The number of anilines is 1. The normalized spacial score (nSPS) is 14.0. The lowest BCUT2D eigenvalue weighted by Gasteiger charge is -2.30. The Morgan fingerprint density at radius 1 is 1.13 bits per heavy atom. The smallest absolute Gasteiger partial charge is 0.434 e. The summed E-state index contributed by atoms with van der Waals surface area (Å²) in [5, 5.41) is 3.24. The van der Waals surface area contributed by atoms with Crippen molar-refractivity contribution in [3.05, 3.63) is 64.5 Å². The lowest BCUT2D eigenvalue weighted by Crippen LogP contribution is -2.43. The van der Waals surface area contributed by atoms with Gasteiger partial charge in [0.15, 0.2) is 5.75 Å². The van der Waals surface area contributed by atoms with Crippen LogP contribution in [0, 0.1) is 11.6 Å². The van der Waals surface area contributed by atoms with Crippen molar-refractivity contribution in [1.82, 2.24) is 9.88 Å². The Balaban J connectivity index is 1.92. The molecule has 1 aromatic heterocycles. The molecular formula is C22H21F2N3O4. The van der Waals surface area contributed by atoms with Gasteiger partial charge in [-0.15, -0.1) is 0 Å². The van der Waals surface area contributed by atoms with Gasteiger partial charge in [0, 0.05) is 31.9 Å². The number of benzene rings is 2. The molecule has 4 rings (SSSR count). The summed E-state index contributed by atoms with van der Waals surface area (Å²) in [5.74, 6) is -1.29. The molecule has 1 saturated heterocycles. The van der Waals surface area contributed by atoms with E-state index in [2.05, 4.69) is 5.32 Å². The first-order chi connectivity index (χ1) is 15.0. The largest absolute Gasteiger partial charge is 0.514 e. The van der Waals surface area contributed by atoms with E-state index in [4.69, 9.17) is 9.47 Å². The Hall–Kier alpha value is -3.46. The summed E-state index contributed by atoms with van der Waals surface area (Å²) in [4.78, 5) is 26.6. The minimum absolute atomic E-state index is 0.0301. The molecule has 0 unspecified atom stereocenters. The maximum Gasteiger partial charge on any atom is 0.514 e. The first kappa shape index (κ1) is 20.8. The van der Waals surface area contributed by atoms with E-state index in [1.807, 2.05) is 4.90 Å². The molecule has 2 heterocycles. The Bertz CT molecular complexity index is 1170. The van der Waals surface area contributed by atoms with E-state index in [9.17, 15) is 18.4 Å². The summed E-state index contributed by atoms with van der Waals surface area (Å²) in [7, 11) is 0. The van der Waals surface area contributed by atoms with Crippen molar-refractivity contribution in [2.75, 3.05) is 37.7 Å². The van der Waals surface area contributed by atoms with Crippen LogP contribution >= 0.6 is 0 Å². The van der Waals surface area contributed by atoms with Gasteiger partial charge < -0.3 is 24.3 Å². The number of ether oxygens (including phenoxy) is 2. The molecule has 0 spiro atoms. The number of hydrogen-bond acceptors (Lipinski definition) is 6. The zero-order valence-corrected chi connectivity index (χ0v) is 16.9. The predicted octanol–water partition coefficient (Wildman–Crippen LogP) is 3.21. The van der Waals surface area contributed by atoms with Crippen molar-refractivity contribution in [3.63, 3.8) is 0 Å². The van der Waals surface area contributed by atoms with E-state index in [1.165, 1.54) is 30.5 Å². The van der Waals surface area contributed by atoms with Gasteiger partial charge in [-0.3, -0.25) is 4.79 Å². The second kappa shape index (κ2) is 8.73. The van der Waals surface area contributed by atoms with Crippen LogP contribution in [0.25, 0.3) is 16.6 Å². The maximum absolute atomic E-state index is 15.0. The van der Waals surface area contributed by atoms with Crippen molar-refractivity contribution in [3.8, 4) is 11.4 Å². The summed E-state index contributed by atoms with van der Waals surface area (Å²) in [6.45, 7) is 4.34. The third-order valence-corrected chi connectivity index (χ3v) is 5.06. The molecule has 31 heavy (non-hydrogen) atoms. The number of nitrogens with one attached hydrogen (secondary N) is 1. The first-order valence-corrected chi connectivity index (χ1v) is 9.93. The molecular weight excluding hydrogens is 408 g/mol. The van der Waals surface area contributed by atoms with Crippen LogP contribution in [0.4, 0.5) is 19.3 Å². The molecule has 0 aliphatic carbocycles. The Morgan fingerprint density at radius 3 is 2.52 bits per heavy atom. The minimum Gasteiger partial charge on any atom is -0.434 e. The number of carbonyl (C=O) groups is 1. The van der Waals surface area contributed by atoms with Crippen molar-refractivity contribution in [1.29, 1.82) is 0 Å². The van der Waals surface area contributed by atoms with Crippen LogP contribution in [-0.4, -0.2) is 43.5 Å². The number of rotatable bonds is 4. The van der Waals surface area contributed by atoms with E-state index < -0.39 is 23.2 Å². The zero-order valence-electron chi connectivity index (χ0n) is 16.9. The topological polar surface area (TPSA) is 72.8 Å². The number of pyridine rings is 1. The molecule has 1 N–H and O–H groups in total. The average Bonchev–Trinajstić information content (AvgIpc) is 2.77. The fourth-order valence-electron chi connectivity index (χ4n) is 3.58. The first-order valence-electron chi connectivity index (χ1n) is 9.93. The lowest BCUT2D eigenvalue weighted by molar-refractivity contribution is 0.104. The number of nitrogens with zero attached hydrogens (tertiary/aromatic N) is 2. The third kappa shape index (κ3) is 4.22.